The average molecular weight is 506 g/mol. The lowest BCUT2D eigenvalue weighted by Gasteiger charge is -2.34. The van der Waals surface area contributed by atoms with Crippen LogP contribution in [0.25, 0.3) is 21.8 Å². The Morgan fingerprint density at radius 3 is 2.57 bits per heavy atom. The molecular weight excluding hydrogens is 478 g/mol. The highest BCUT2D eigenvalue weighted by Crippen LogP contribution is 2.43. The van der Waals surface area contributed by atoms with Crippen LogP contribution >= 0.6 is 22.9 Å². The fourth-order valence-electron chi connectivity index (χ4n) is 4.30. The van der Waals surface area contributed by atoms with E-state index < -0.39 is 5.60 Å². The van der Waals surface area contributed by atoms with Gasteiger partial charge in [-0.25, -0.2) is 15.0 Å². The van der Waals surface area contributed by atoms with E-state index in [2.05, 4.69) is 41.3 Å². The third kappa shape index (κ3) is 5.23. The number of thiazole rings is 1. The molecule has 8 heteroatoms. The molecule has 1 saturated heterocycles. The third-order valence-electron chi connectivity index (χ3n) is 6.47. The molecule has 1 aliphatic rings. The van der Waals surface area contributed by atoms with Crippen molar-refractivity contribution in [3.05, 3.63) is 82.5 Å². The summed E-state index contributed by atoms with van der Waals surface area (Å²) in [6.45, 7) is 3.75. The molecule has 2 aromatic heterocycles. The van der Waals surface area contributed by atoms with Crippen LogP contribution in [-0.4, -0.2) is 45.1 Å². The number of anilines is 1. The standard InChI is InChI=1S/C27H28ClN5OS/c1-18(19-7-4-3-5-8-19)30-26-29-14-11-22(31-26)24-23(20-9-6-10-21(28)17-20)32-25(35-24)27(34)12-15-33(2)16-13-27/h3-11,14,17-18,34H,12-13,15-16H2,1-2H3,(H,29,30,31)/t18-/m0/s1. The maximum atomic E-state index is 11.5. The summed E-state index contributed by atoms with van der Waals surface area (Å²) in [6, 6.07) is 19.8. The summed E-state index contributed by atoms with van der Waals surface area (Å²) in [4.78, 5) is 17.4. The van der Waals surface area contributed by atoms with Crippen LogP contribution in [-0.2, 0) is 5.60 Å². The molecule has 1 aliphatic heterocycles. The molecule has 0 amide bonds. The smallest absolute Gasteiger partial charge is 0.223 e. The summed E-state index contributed by atoms with van der Waals surface area (Å²) in [5.41, 5.74) is 2.65. The minimum atomic E-state index is -0.946. The highest BCUT2D eigenvalue weighted by molar-refractivity contribution is 7.15. The number of hydrogen-bond donors (Lipinski definition) is 2. The topological polar surface area (TPSA) is 74.2 Å². The van der Waals surface area contributed by atoms with Gasteiger partial charge in [0.15, 0.2) is 0 Å². The van der Waals surface area contributed by atoms with Gasteiger partial charge in [0.1, 0.15) is 10.6 Å². The van der Waals surface area contributed by atoms with Crippen LogP contribution in [0.1, 0.15) is 36.4 Å². The van der Waals surface area contributed by atoms with Gasteiger partial charge in [-0.05, 0) is 50.6 Å². The van der Waals surface area contributed by atoms with Crippen molar-refractivity contribution < 1.29 is 5.11 Å². The molecule has 2 N–H and O–H groups in total. The van der Waals surface area contributed by atoms with Crippen molar-refractivity contribution in [3.8, 4) is 21.8 Å². The molecule has 2 aromatic carbocycles. The molecule has 0 radical (unpaired) electrons. The van der Waals surface area contributed by atoms with Gasteiger partial charge >= 0.3 is 0 Å². The third-order valence-corrected chi connectivity index (χ3v) is 7.98. The van der Waals surface area contributed by atoms with Crippen molar-refractivity contribution >= 4 is 28.9 Å². The number of aliphatic hydroxyl groups is 1. The molecule has 0 unspecified atom stereocenters. The predicted molar refractivity (Wildman–Crippen MR) is 143 cm³/mol. The fraction of sp³-hybridized carbons (Fsp3) is 0.296. The molecule has 0 bridgehead atoms. The lowest BCUT2D eigenvalue weighted by Crippen LogP contribution is -2.40. The van der Waals surface area contributed by atoms with E-state index in [0.717, 1.165) is 45.5 Å². The molecule has 180 valence electrons. The lowest BCUT2D eigenvalue weighted by atomic mass is 9.92. The molecule has 4 aromatic rings. The molecule has 0 aliphatic carbocycles. The van der Waals surface area contributed by atoms with E-state index in [0.29, 0.717) is 23.8 Å². The summed E-state index contributed by atoms with van der Waals surface area (Å²) in [6.07, 6.45) is 3.06. The van der Waals surface area contributed by atoms with Gasteiger partial charge in [0.25, 0.3) is 0 Å². The summed E-state index contributed by atoms with van der Waals surface area (Å²) in [5, 5.41) is 16.3. The van der Waals surface area contributed by atoms with E-state index in [1.54, 1.807) is 6.20 Å². The van der Waals surface area contributed by atoms with Crippen molar-refractivity contribution in [1.29, 1.82) is 0 Å². The Labute approximate surface area is 214 Å². The van der Waals surface area contributed by atoms with E-state index in [-0.39, 0.29) is 6.04 Å². The molecule has 0 saturated carbocycles. The number of piperidine rings is 1. The minimum Gasteiger partial charge on any atom is -0.383 e. The highest BCUT2D eigenvalue weighted by atomic mass is 35.5. The Bertz CT molecular complexity index is 1300. The van der Waals surface area contributed by atoms with Crippen LogP contribution in [0.5, 0.6) is 0 Å². The number of halogens is 1. The van der Waals surface area contributed by atoms with Crippen LogP contribution in [0.2, 0.25) is 5.02 Å². The Kier molecular flexibility index (Phi) is 6.84. The van der Waals surface area contributed by atoms with Gasteiger partial charge in [-0.1, -0.05) is 54.1 Å². The first kappa shape index (κ1) is 23.9. The van der Waals surface area contributed by atoms with Gasteiger partial charge < -0.3 is 15.3 Å². The molecule has 0 spiro atoms. The zero-order valence-electron chi connectivity index (χ0n) is 19.8. The molecule has 5 rings (SSSR count). The van der Waals surface area contributed by atoms with Crippen LogP contribution < -0.4 is 5.32 Å². The fourth-order valence-corrected chi connectivity index (χ4v) is 5.69. The predicted octanol–water partition coefficient (Wildman–Crippen LogP) is 6.01. The number of likely N-dealkylation sites (tertiary alicyclic amines) is 1. The molecule has 3 heterocycles. The summed E-state index contributed by atoms with van der Waals surface area (Å²) < 4.78 is 0. The van der Waals surface area contributed by atoms with Crippen molar-refractivity contribution in [2.24, 2.45) is 0 Å². The number of hydrogen-bond acceptors (Lipinski definition) is 7. The highest BCUT2D eigenvalue weighted by Gasteiger charge is 2.37. The van der Waals surface area contributed by atoms with Gasteiger partial charge in [0.2, 0.25) is 5.95 Å². The summed E-state index contributed by atoms with van der Waals surface area (Å²) in [5.74, 6) is 0.545. The Hall–Kier alpha value is -2.84. The van der Waals surface area contributed by atoms with E-state index >= 15 is 0 Å². The maximum Gasteiger partial charge on any atom is 0.223 e. The lowest BCUT2D eigenvalue weighted by molar-refractivity contribution is -0.0203. The summed E-state index contributed by atoms with van der Waals surface area (Å²) >= 11 is 7.82. The van der Waals surface area contributed by atoms with Crippen molar-refractivity contribution in [3.63, 3.8) is 0 Å². The Morgan fingerprint density at radius 1 is 1.06 bits per heavy atom. The van der Waals surface area contributed by atoms with E-state index in [4.69, 9.17) is 21.6 Å². The number of nitrogens with one attached hydrogen (secondary N) is 1. The monoisotopic (exact) mass is 505 g/mol. The van der Waals surface area contributed by atoms with E-state index in [9.17, 15) is 5.11 Å². The summed E-state index contributed by atoms with van der Waals surface area (Å²) in [7, 11) is 2.08. The zero-order chi connectivity index (χ0) is 24.4. The van der Waals surface area contributed by atoms with Crippen molar-refractivity contribution in [2.45, 2.75) is 31.4 Å². The Balaban J connectivity index is 1.53. The second-order valence-corrected chi connectivity index (χ2v) is 10.5. The van der Waals surface area contributed by atoms with Crippen LogP contribution in [0, 0.1) is 0 Å². The molecule has 35 heavy (non-hydrogen) atoms. The van der Waals surface area contributed by atoms with Gasteiger partial charge in [0.05, 0.1) is 22.3 Å². The number of rotatable bonds is 6. The van der Waals surface area contributed by atoms with E-state index in [1.807, 2.05) is 48.5 Å². The van der Waals surface area contributed by atoms with Gasteiger partial charge in [-0.2, -0.15) is 0 Å². The van der Waals surface area contributed by atoms with Crippen LogP contribution in [0.4, 0.5) is 5.95 Å². The zero-order valence-corrected chi connectivity index (χ0v) is 21.4. The Morgan fingerprint density at radius 2 is 1.83 bits per heavy atom. The van der Waals surface area contributed by atoms with Crippen LogP contribution in [0.3, 0.4) is 0 Å². The first-order chi connectivity index (χ1) is 16.9. The normalized spacial score (nSPS) is 16.7. The molecular formula is C27H28ClN5OS. The van der Waals surface area contributed by atoms with E-state index in [1.165, 1.54) is 11.3 Å². The number of nitrogens with zero attached hydrogens (tertiary/aromatic N) is 4. The molecule has 1 atom stereocenters. The second kappa shape index (κ2) is 10.0. The first-order valence-corrected chi connectivity index (χ1v) is 12.9. The van der Waals surface area contributed by atoms with Crippen molar-refractivity contribution in [2.75, 3.05) is 25.5 Å². The second-order valence-electron chi connectivity index (χ2n) is 9.08. The van der Waals surface area contributed by atoms with Gasteiger partial charge in [-0.3, -0.25) is 0 Å². The van der Waals surface area contributed by atoms with Gasteiger partial charge in [-0.15, -0.1) is 11.3 Å². The average Bonchev–Trinajstić information content (AvgIpc) is 3.33. The largest absolute Gasteiger partial charge is 0.383 e. The molecule has 1 fully saturated rings. The van der Waals surface area contributed by atoms with Crippen LogP contribution in [0.15, 0.2) is 66.9 Å². The SMILES string of the molecule is C[C@H](Nc1nccc(-c2sc(C3(O)CCN(C)CC3)nc2-c2cccc(Cl)c2)n1)c1ccccc1. The maximum absolute atomic E-state index is 11.5. The molecule has 6 nitrogen and oxygen atoms in total. The number of benzene rings is 2. The van der Waals surface area contributed by atoms with Crippen molar-refractivity contribution in [1.82, 2.24) is 19.9 Å². The van der Waals surface area contributed by atoms with Gasteiger partial charge in [0, 0.05) is 29.9 Å². The minimum absolute atomic E-state index is 0.0517. The quantitative estimate of drug-likeness (QED) is 0.334. The number of aromatic nitrogens is 3. The first-order valence-electron chi connectivity index (χ1n) is 11.7.